The van der Waals surface area contributed by atoms with Crippen LogP contribution in [-0.4, -0.2) is 18.2 Å². The minimum Gasteiger partial charge on any atom is -0.353 e. The molecule has 1 heterocycles. The minimum atomic E-state index is 0.0920. The Morgan fingerprint density at radius 3 is 3.09 bits per heavy atom. The molecule has 0 aromatic carbocycles. The van der Waals surface area contributed by atoms with E-state index < -0.39 is 0 Å². The molecule has 62 valence electrons. The largest absolute Gasteiger partial charge is 0.353 e. The van der Waals surface area contributed by atoms with Gasteiger partial charge in [-0.05, 0) is 12.8 Å². The number of carbonyl (C=O) groups is 2. The van der Waals surface area contributed by atoms with Gasteiger partial charge in [0.2, 0.25) is 5.91 Å². The van der Waals surface area contributed by atoms with Gasteiger partial charge in [0.05, 0.1) is 0 Å². The van der Waals surface area contributed by atoms with Crippen LogP contribution in [0.3, 0.4) is 0 Å². The van der Waals surface area contributed by atoms with Gasteiger partial charge in [0.15, 0.2) is 0 Å². The minimum absolute atomic E-state index is 0.0920. The fourth-order valence-electron chi connectivity index (χ4n) is 1.34. The molecule has 0 aromatic heterocycles. The summed E-state index contributed by atoms with van der Waals surface area (Å²) in [6.07, 6.45) is 4.92. The third-order valence-corrected chi connectivity index (χ3v) is 1.95. The Bertz CT molecular complexity index is 156. The van der Waals surface area contributed by atoms with E-state index >= 15 is 0 Å². The number of amides is 1. The molecule has 1 rings (SSSR count). The Balaban J connectivity index is 2.38. The average molecular weight is 155 g/mol. The second-order valence-electron chi connectivity index (χ2n) is 2.91. The molecule has 1 saturated heterocycles. The Labute approximate surface area is 66.2 Å². The molecule has 0 aliphatic carbocycles. The van der Waals surface area contributed by atoms with Crippen LogP contribution in [-0.2, 0) is 9.59 Å². The summed E-state index contributed by atoms with van der Waals surface area (Å²) in [6.45, 7) is 0. The molecule has 0 aromatic rings. The first-order valence-corrected chi connectivity index (χ1v) is 4.06. The third-order valence-electron chi connectivity index (χ3n) is 1.95. The van der Waals surface area contributed by atoms with Crippen molar-refractivity contribution >= 4 is 12.2 Å². The lowest BCUT2D eigenvalue weighted by atomic mass is 10.1. The smallest absolute Gasteiger partial charge is 0.220 e. The molecule has 0 radical (unpaired) electrons. The zero-order valence-corrected chi connectivity index (χ0v) is 6.51. The molecule has 3 nitrogen and oxygen atoms in total. The van der Waals surface area contributed by atoms with E-state index in [9.17, 15) is 9.59 Å². The molecule has 1 unspecified atom stereocenters. The quantitative estimate of drug-likeness (QED) is 0.594. The number of nitrogens with one attached hydrogen (secondary N) is 1. The number of rotatable bonds is 2. The van der Waals surface area contributed by atoms with Crippen LogP contribution in [0.15, 0.2) is 0 Å². The summed E-state index contributed by atoms with van der Waals surface area (Å²) in [7, 11) is 0. The van der Waals surface area contributed by atoms with E-state index in [0.717, 1.165) is 25.5 Å². The summed E-state index contributed by atoms with van der Waals surface area (Å²) in [6, 6.07) is 0.0995. The molecule has 1 atom stereocenters. The lowest BCUT2D eigenvalue weighted by Crippen LogP contribution is -2.32. The van der Waals surface area contributed by atoms with Crippen molar-refractivity contribution in [3.63, 3.8) is 0 Å². The molecule has 0 spiro atoms. The van der Waals surface area contributed by atoms with E-state index in [0.29, 0.717) is 12.8 Å². The van der Waals surface area contributed by atoms with Crippen LogP contribution in [0.5, 0.6) is 0 Å². The van der Waals surface area contributed by atoms with E-state index in [1.54, 1.807) is 0 Å². The topological polar surface area (TPSA) is 46.2 Å². The summed E-state index contributed by atoms with van der Waals surface area (Å²) in [5.74, 6) is 0.0920. The molecule has 1 N–H and O–H groups in total. The zero-order valence-electron chi connectivity index (χ0n) is 6.51. The van der Waals surface area contributed by atoms with Crippen LogP contribution in [0.4, 0.5) is 0 Å². The molecular formula is C8H13NO2. The van der Waals surface area contributed by atoms with Crippen molar-refractivity contribution in [1.82, 2.24) is 5.32 Å². The summed E-state index contributed by atoms with van der Waals surface area (Å²) >= 11 is 0. The van der Waals surface area contributed by atoms with Gasteiger partial charge in [-0.25, -0.2) is 0 Å². The van der Waals surface area contributed by atoms with Crippen molar-refractivity contribution in [3.8, 4) is 0 Å². The third kappa shape index (κ3) is 2.70. The van der Waals surface area contributed by atoms with Crippen molar-refractivity contribution in [2.45, 2.75) is 38.1 Å². The highest BCUT2D eigenvalue weighted by molar-refractivity contribution is 5.76. The summed E-state index contributed by atoms with van der Waals surface area (Å²) in [5, 5.41) is 2.81. The molecule has 1 fully saturated rings. The van der Waals surface area contributed by atoms with E-state index in [4.69, 9.17) is 0 Å². The van der Waals surface area contributed by atoms with Gasteiger partial charge >= 0.3 is 0 Å². The number of hydrogen-bond acceptors (Lipinski definition) is 2. The maximum atomic E-state index is 10.9. The number of hydrogen-bond donors (Lipinski definition) is 1. The van der Waals surface area contributed by atoms with Crippen LogP contribution in [0, 0.1) is 0 Å². The van der Waals surface area contributed by atoms with E-state index in [-0.39, 0.29) is 11.9 Å². The maximum Gasteiger partial charge on any atom is 0.220 e. The predicted molar refractivity (Wildman–Crippen MR) is 41.1 cm³/mol. The maximum absolute atomic E-state index is 10.9. The lowest BCUT2D eigenvalue weighted by molar-refractivity contribution is -0.121. The molecule has 1 aliphatic heterocycles. The normalized spacial score (nSPS) is 25.5. The molecule has 1 amide bonds. The molecular weight excluding hydrogens is 142 g/mol. The Morgan fingerprint density at radius 2 is 2.36 bits per heavy atom. The van der Waals surface area contributed by atoms with Crippen molar-refractivity contribution in [3.05, 3.63) is 0 Å². The van der Waals surface area contributed by atoms with E-state index in [1.165, 1.54) is 0 Å². The first-order chi connectivity index (χ1) is 5.33. The van der Waals surface area contributed by atoms with Crippen LogP contribution >= 0.6 is 0 Å². The Kier molecular flexibility index (Phi) is 3.08. The summed E-state index contributed by atoms with van der Waals surface area (Å²) < 4.78 is 0. The molecule has 3 heteroatoms. The highest BCUT2D eigenvalue weighted by Crippen LogP contribution is 2.10. The molecule has 0 bridgehead atoms. The van der Waals surface area contributed by atoms with Gasteiger partial charge in [0.25, 0.3) is 0 Å². The van der Waals surface area contributed by atoms with Gasteiger partial charge in [0.1, 0.15) is 6.29 Å². The first kappa shape index (κ1) is 8.24. The van der Waals surface area contributed by atoms with Gasteiger partial charge in [-0.3, -0.25) is 4.79 Å². The summed E-state index contributed by atoms with van der Waals surface area (Å²) in [5.41, 5.74) is 0. The predicted octanol–water partition coefficient (Wildman–Crippen LogP) is 0.634. The second-order valence-corrected chi connectivity index (χ2v) is 2.91. The zero-order chi connectivity index (χ0) is 8.10. The van der Waals surface area contributed by atoms with Gasteiger partial charge in [0, 0.05) is 18.9 Å². The van der Waals surface area contributed by atoms with Crippen molar-refractivity contribution in [1.29, 1.82) is 0 Å². The van der Waals surface area contributed by atoms with Crippen molar-refractivity contribution < 1.29 is 9.59 Å². The van der Waals surface area contributed by atoms with Gasteiger partial charge in [-0.15, -0.1) is 0 Å². The highest BCUT2D eigenvalue weighted by Gasteiger charge is 2.14. The van der Waals surface area contributed by atoms with Crippen LogP contribution < -0.4 is 5.32 Å². The molecule has 1 aliphatic rings. The van der Waals surface area contributed by atoms with Crippen LogP contribution in [0.1, 0.15) is 32.1 Å². The lowest BCUT2D eigenvalue weighted by Gasteiger charge is -2.11. The average Bonchev–Trinajstić information content (AvgIpc) is 2.15. The second kappa shape index (κ2) is 4.11. The highest BCUT2D eigenvalue weighted by atomic mass is 16.1. The fourth-order valence-corrected chi connectivity index (χ4v) is 1.34. The Hall–Kier alpha value is -0.860. The van der Waals surface area contributed by atoms with E-state index in [2.05, 4.69) is 5.32 Å². The number of carbonyl (C=O) groups excluding carboxylic acids is 2. The monoisotopic (exact) mass is 155 g/mol. The SMILES string of the molecule is O=CCC1CCCCC(=O)N1. The van der Waals surface area contributed by atoms with Gasteiger partial charge in [-0.1, -0.05) is 6.42 Å². The Morgan fingerprint density at radius 1 is 1.55 bits per heavy atom. The molecule has 11 heavy (non-hydrogen) atoms. The van der Waals surface area contributed by atoms with Crippen molar-refractivity contribution in [2.24, 2.45) is 0 Å². The van der Waals surface area contributed by atoms with Gasteiger partial charge < -0.3 is 10.1 Å². The number of aldehydes is 1. The first-order valence-electron chi connectivity index (χ1n) is 4.06. The van der Waals surface area contributed by atoms with Crippen LogP contribution in [0.2, 0.25) is 0 Å². The van der Waals surface area contributed by atoms with Crippen molar-refractivity contribution in [2.75, 3.05) is 0 Å². The standard InChI is InChI=1S/C8H13NO2/c10-6-5-7-3-1-2-4-8(11)9-7/h6-7H,1-5H2,(H,9,11). The van der Waals surface area contributed by atoms with E-state index in [1.807, 2.05) is 0 Å². The fraction of sp³-hybridized carbons (Fsp3) is 0.750. The molecule has 0 saturated carbocycles. The van der Waals surface area contributed by atoms with Crippen LogP contribution in [0.25, 0.3) is 0 Å². The summed E-state index contributed by atoms with van der Waals surface area (Å²) in [4.78, 5) is 21.1. The van der Waals surface area contributed by atoms with Gasteiger partial charge in [-0.2, -0.15) is 0 Å².